The minimum Gasteiger partial charge on any atom is -0.351 e. The molecule has 0 spiro atoms. The van der Waals surface area contributed by atoms with Crippen LogP contribution in [0.2, 0.25) is 5.02 Å². The van der Waals surface area contributed by atoms with Crippen LogP contribution in [0.4, 0.5) is 0 Å². The number of piperidine rings is 1. The molecule has 1 unspecified atom stereocenters. The lowest BCUT2D eigenvalue weighted by molar-refractivity contribution is 0.0924. The molecule has 0 bridgehead atoms. The summed E-state index contributed by atoms with van der Waals surface area (Å²) in [6.07, 6.45) is 2.32. The highest BCUT2D eigenvalue weighted by molar-refractivity contribution is 6.31. The molecule has 2 rings (SSSR count). The van der Waals surface area contributed by atoms with Gasteiger partial charge in [-0.3, -0.25) is 4.79 Å². The van der Waals surface area contributed by atoms with Gasteiger partial charge in [0, 0.05) is 23.7 Å². The highest BCUT2D eigenvalue weighted by Crippen LogP contribution is 2.24. The molecule has 1 atom stereocenters. The van der Waals surface area contributed by atoms with E-state index >= 15 is 0 Å². The molecule has 3 nitrogen and oxygen atoms in total. The molecular formula is C15H21ClN2O. The zero-order valence-corrected chi connectivity index (χ0v) is 12.3. The van der Waals surface area contributed by atoms with E-state index in [1.807, 2.05) is 19.1 Å². The van der Waals surface area contributed by atoms with Gasteiger partial charge in [0.2, 0.25) is 0 Å². The molecule has 1 aromatic rings. The van der Waals surface area contributed by atoms with Crippen molar-refractivity contribution < 1.29 is 4.79 Å². The van der Waals surface area contributed by atoms with E-state index in [0.717, 1.165) is 25.1 Å². The van der Waals surface area contributed by atoms with E-state index in [0.29, 0.717) is 17.1 Å². The first-order chi connectivity index (χ1) is 9.02. The minimum absolute atomic E-state index is 0.0354. The summed E-state index contributed by atoms with van der Waals surface area (Å²) in [6.45, 7) is 6.83. The molecule has 2 N–H and O–H groups in total. The van der Waals surface area contributed by atoms with Crippen molar-refractivity contribution >= 4 is 17.5 Å². The third-order valence-corrected chi connectivity index (χ3v) is 4.28. The Balaban J connectivity index is 1.99. The summed E-state index contributed by atoms with van der Waals surface area (Å²) in [7, 11) is 0. The molecule has 19 heavy (non-hydrogen) atoms. The number of halogens is 1. The van der Waals surface area contributed by atoms with Crippen LogP contribution in [-0.2, 0) is 0 Å². The second-order valence-corrected chi connectivity index (χ2v) is 6.09. The van der Waals surface area contributed by atoms with Crippen LogP contribution in [0.1, 0.15) is 35.7 Å². The zero-order chi connectivity index (χ0) is 13.9. The van der Waals surface area contributed by atoms with Crippen LogP contribution in [0.3, 0.4) is 0 Å². The van der Waals surface area contributed by atoms with Gasteiger partial charge in [0.05, 0.1) is 0 Å². The minimum atomic E-state index is -0.0354. The van der Waals surface area contributed by atoms with E-state index in [2.05, 4.69) is 17.6 Å². The van der Waals surface area contributed by atoms with Crippen LogP contribution in [0.25, 0.3) is 0 Å². The number of carbonyl (C=O) groups excluding carboxylic acids is 1. The number of carbonyl (C=O) groups is 1. The second kappa shape index (κ2) is 5.93. The molecule has 0 aliphatic carbocycles. The van der Waals surface area contributed by atoms with Crippen molar-refractivity contribution in [3.8, 4) is 0 Å². The van der Waals surface area contributed by atoms with E-state index in [4.69, 9.17) is 11.6 Å². The predicted molar refractivity (Wildman–Crippen MR) is 78.7 cm³/mol. The first kappa shape index (κ1) is 14.4. The maximum Gasteiger partial charge on any atom is 0.251 e. The van der Waals surface area contributed by atoms with E-state index < -0.39 is 0 Å². The molecule has 4 heteroatoms. The van der Waals surface area contributed by atoms with Gasteiger partial charge in [-0.05, 0) is 49.4 Å². The Morgan fingerprint density at radius 1 is 1.53 bits per heavy atom. The number of nitrogens with one attached hydrogen (secondary N) is 2. The lowest BCUT2D eigenvalue weighted by Gasteiger charge is -2.34. The number of rotatable bonds is 3. The summed E-state index contributed by atoms with van der Waals surface area (Å²) in [4.78, 5) is 12.2. The van der Waals surface area contributed by atoms with Crippen LogP contribution in [0, 0.1) is 12.3 Å². The monoisotopic (exact) mass is 280 g/mol. The molecule has 1 aromatic carbocycles. The average molecular weight is 281 g/mol. The molecule has 1 fully saturated rings. The van der Waals surface area contributed by atoms with Gasteiger partial charge in [0.25, 0.3) is 5.91 Å². The molecule has 1 aliphatic rings. The first-order valence-electron chi connectivity index (χ1n) is 6.76. The van der Waals surface area contributed by atoms with Gasteiger partial charge < -0.3 is 10.6 Å². The fourth-order valence-electron chi connectivity index (χ4n) is 2.51. The quantitative estimate of drug-likeness (QED) is 0.894. The molecule has 1 heterocycles. The molecule has 1 aliphatic heterocycles. The molecule has 1 amide bonds. The predicted octanol–water partition coefficient (Wildman–Crippen LogP) is 2.77. The standard InChI is InChI=1S/C15H21ClN2O/c1-11-12(5-3-6-13(11)16)14(19)18-10-15(2)7-4-8-17-9-15/h3,5-6,17H,4,7-10H2,1-2H3,(H,18,19). The highest BCUT2D eigenvalue weighted by atomic mass is 35.5. The molecule has 0 saturated carbocycles. The lowest BCUT2D eigenvalue weighted by atomic mass is 9.83. The Morgan fingerprint density at radius 3 is 3.00 bits per heavy atom. The van der Waals surface area contributed by atoms with E-state index in [9.17, 15) is 4.79 Å². The Kier molecular flexibility index (Phi) is 4.48. The fourth-order valence-corrected chi connectivity index (χ4v) is 2.69. The third kappa shape index (κ3) is 3.48. The number of hydrogen-bond donors (Lipinski definition) is 2. The molecule has 0 aromatic heterocycles. The van der Waals surface area contributed by atoms with E-state index in [1.54, 1.807) is 6.07 Å². The number of benzene rings is 1. The van der Waals surface area contributed by atoms with Gasteiger partial charge in [-0.15, -0.1) is 0 Å². The van der Waals surface area contributed by atoms with Gasteiger partial charge in [0.15, 0.2) is 0 Å². The van der Waals surface area contributed by atoms with Crippen LogP contribution in [0.5, 0.6) is 0 Å². The summed E-state index contributed by atoms with van der Waals surface area (Å²) in [5.74, 6) is -0.0354. The van der Waals surface area contributed by atoms with Gasteiger partial charge in [-0.2, -0.15) is 0 Å². The Hall–Kier alpha value is -1.06. The SMILES string of the molecule is Cc1c(Cl)cccc1C(=O)NCC1(C)CCCNC1. The summed E-state index contributed by atoms with van der Waals surface area (Å²) >= 11 is 6.04. The maximum atomic E-state index is 12.2. The van der Waals surface area contributed by atoms with Crippen molar-refractivity contribution in [1.29, 1.82) is 0 Å². The van der Waals surface area contributed by atoms with Crippen molar-refractivity contribution in [1.82, 2.24) is 10.6 Å². The smallest absolute Gasteiger partial charge is 0.251 e. The van der Waals surface area contributed by atoms with Crippen molar-refractivity contribution in [2.75, 3.05) is 19.6 Å². The Morgan fingerprint density at radius 2 is 2.32 bits per heavy atom. The Bertz CT molecular complexity index is 467. The van der Waals surface area contributed by atoms with E-state index in [1.165, 1.54) is 6.42 Å². The number of amides is 1. The van der Waals surface area contributed by atoms with Gasteiger partial charge in [-0.25, -0.2) is 0 Å². The topological polar surface area (TPSA) is 41.1 Å². The molecule has 104 valence electrons. The van der Waals surface area contributed by atoms with E-state index in [-0.39, 0.29) is 11.3 Å². The second-order valence-electron chi connectivity index (χ2n) is 5.69. The third-order valence-electron chi connectivity index (χ3n) is 3.87. The van der Waals surface area contributed by atoms with Crippen molar-refractivity contribution in [3.05, 3.63) is 34.3 Å². The summed E-state index contributed by atoms with van der Waals surface area (Å²) in [6, 6.07) is 5.44. The van der Waals surface area contributed by atoms with Gasteiger partial charge in [0.1, 0.15) is 0 Å². The van der Waals surface area contributed by atoms with Crippen LogP contribution in [0.15, 0.2) is 18.2 Å². The highest BCUT2D eigenvalue weighted by Gasteiger charge is 2.27. The maximum absolute atomic E-state index is 12.2. The largest absolute Gasteiger partial charge is 0.351 e. The van der Waals surface area contributed by atoms with Crippen LogP contribution >= 0.6 is 11.6 Å². The summed E-state index contributed by atoms with van der Waals surface area (Å²) in [5, 5.41) is 7.06. The van der Waals surface area contributed by atoms with Crippen LogP contribution in [-0.4, -0.2) is 25.5 Å². The Labute approximate surface area is 119 Å². The van der Waals surface area contributed by atoms with Crippen molar-refractivity contribution in [3.63, 3.8) is 0 Å². The molecule has 0 radical (unpaired) electrons. The molecular weight excluding hydrogens is 260 g/mol. The summed E-state index contributed by atoms with van der Waals surface area (Å²) < 4.78 is 0. The zero-order valence-electron chi connectivity index (χ0n) is 11.6. The fraction of sp³-hybridized carbons (Fsp3) is 0.533. The van der Waals surface area contributed by atoms with Gasteiger partial charge in [-0.1, -0.05) is 24.6 Å². The van der Waals surface area contributed by atoms with Crippen molar-refractivity contribution in [2.24, 2.45) is 5.41 Å². The first-order valence-corrected chi connectivity index (χ1v) is 7.14. The average Bonchev–Trinajstić information content (AvgIpc) is 2.40. The molecule has 1 saturated heterocycles. The van der Waals surface area contributed by atoms with Crippen LogP contribution < -0.4 is 10.6 Å². The van der Waals surface area contributed by atoms with Gasteiger partial charge >= 0.3 is 0 Å². The normalized spacial score (nSPS) is 23.1. The summed E-state index contributed by atoms with van der Waals surface area (Å²) in [5.41, 5.74) is 1.66. The van der Waals surface area contributed by atoms with Crippen molar-refractivity contribution in [2.45, 2.75) is 26.7 Å². The lowest BCUT2D eigenvalue weighted by Crippen LogP contribution is -2.45. The number of hydrogen-bond acceptors (Lipinski definition) is 2.